The fraction of sp³-hybridized carbons (Fsp3) is 0.556. The van der Waals surface area contributed by atoms with Gasteiger partial charge >= 0.3 is 0 Å². The van der Waals surface area contributed by atoms with Gasteiger partial charge in [0.15, 0.2) is 0 Å². The van der Waals surface area contributed by atoms with Gasteiger partial charge in [0, 0.05) is 30.9 Å². The van der Waals surface area contributed by atoms with Crippen LogP contribution in [0, 0.1) is 0 Å². The Bertz CT molecular complexity index is 249. The van der Waals surface area contributed by atoms with Crippen LogP contribution in [0.25, 0.3) is 0 Å². The molecule has 0 atom stereocenters. The molecule has 0 aromatic carbocycles. The highest BCUT2D eigenvalue weighted by Crippen LogP contribution is 2.27. The quantitative estimate of drug-likeness (QED) is 0.721. The molecule has 0 bridgehead atoms. The van der Waals surface area contributed by atoms with Crippen molar-refractivity contribution < 1.29 is 4.74 Å². The van der Waals surface area contributed by atoms with Crippen LogP contribution in [0.1, 0.15) is 12.8 Å². The van der Waals surface area contributed by atoms with Gasteiger partial charge in [0.1, 0.15) is 5.03 Å². The van der Waals surface area contributed by atoms with E-state index in [4.69, 9.17) is 4.74 Å². The maximum Gasteiger partial charge on any atom is 0.115 e. The molecule has 1 aromatic heterocycles. The second-order valence-electron chi connectivity index (χ2n) is 2.97. The maximum atomic E-state index is 5.29. The first-order chi connectivity index (χ1) is 6.45. The molecular formula is C9H12N2OS. The SMILES string of the molecule is c1cnc(SC2CCOCC2)cn1. The Kier molecular flexibility index (Phi) is 3.16. The Labute approximate surface area is 81.9 Å². The van der Waals surface area contributed by atoms with Crippen LogP contribution in [0.15, 0.2) is 23.6 Å². The van der Waals surface area contributed by atoms with Crippen molar-refractivity contribution in [1.29, 1.82) is 0 Å². The lowest BCUT2D eigenvalue weighted by atomic mass is 10.2. The Morgan fingerprint density at radius 2 is 2.15 bits per heavy atom. The molecule has 0 N–H and O–H groups in total. The van der Waals surface area contributed by atoms with Crippen molar-refractivity contribution in [3.63, 3.8) is 0 Å². The molecule has 0 saturated carbocycles. The van der Waals surface area contributed by atoms with Crippen molar-refractivity contribution in [2.24, 2.45) is 0 Å². The number of thioether (sulfide) groups is 1. The molecule has 2 heterocycles. The third-order valence-electron chi connectivity index (χ3n) is 2.00. The molecule has 0 spiro atoms. The van der Waals surface area contributed by atoms with E-state index in [-0.39, 0.29) is 0 Å². The normalized spacial score (nSPS) is 18.8. The van der Waals surface area contributed by atoms with Crippen molar-refractivity contribution in [2.45, 2.75) is 23.1 Å². The molecule has 0 aliphatic carbocycles. The Hall–Kier alpha value is -0.610. The molecule has 3 nitrogen and oxygen atoms in total. The molecule has 4 heteroatoms. The Balaban J connectivity index is 1.90. The van der Waals surface area contributed by atoms with Crippen molar-refractivity contribution in [3.8, 4) is 0 Å². The summed E-state index contributed by atoms with van der Waals surface area (Å²) in [6, 6.07) is 0. The second-order valence-corrected chi connectivity index (χ2v) is 4.29. The van der Waals surface area contributed by atoms with E-state index in [2.05, 4.69) is 9.97 Å². The molecular weight excluding hydrogens is 184 g/mol. The fourth-order valence-electron chi connectivity index (χ4n) is 1.31. The first-order valence-corrected chi connectivity index (χ1v) is 5.33. The van der Waals surface area contributed by atoms with Crippen molar-refractivity contribution in [1.82, 2.24) is 9.97 Å². The minimum Gasteiger partial charge on any atom is -0.381 e. The van der Waals surface area contributed by atoms with Gasteiger partial charge in [-0.1, -0.05) is 0 Å². The first-order valence-electron chi connectivity index (χ1n) is 4.45. The monoisotopic (exact) mass is 196 g/mol. The summed E-state index contributed by atoms with van der Waals surface area (Å²) < 4.78 is 5.29. The summed E-state index contributed by atoms with van der Waals surface area (Å²) in [4.78, 5) is 8.27. The average molecular weight is 196 g/mol. The van der Waals surface area contributed by atoms with Crippen LogP contribution in [0.4, 0.5) is 0 Å². The lowest BCUT2D eigenvalue weighted by molar-refractivity contribution is 0.1000. The molecule has 0 amide bonds. The predicted octanol–water partition coefficient (Wildman–Crippen LogP) is 1.75. The molecule has 0 radical (unpaired) electrons. The minimum absolute atomic E-state index is 0.658. The van der Waals surface area contributed by atoms with Gasteiger partial charge in [-0.2, -0.15) is 0 Å². The van der Waals surface area contributed by atoms with Crippen LogP contribution < -0.4 is 0 Å². The van der Waals surface area contributed by atoms with E-state index in [1.54, 1.807) is 12.4 Å². The average Bonchev–Trinajstić information content (AvgIpc) is 2.21. The van der Waals surface area contributed by atoms with E-state index in [0.717, 1.165) is 31.1 Å². The van der Waals surface area contributed by atoms with Gasteiger partial charge in [0.25, 0.3) is 0 Å². The van der Waals surface area contributed by atoms with Crippen LogP contribution in [-0.2, 0) is 4.74 Å². The zero-order chi connectivity index (χ0) is 8.93. The number of nitrogens with zero attached hydrogens (tertiary/aromatic N) is 2. The molecule has 0 unspecified atom stereocenters. The van der Waals surface area contributed by atoms with Crippen molar-refractivity contribution in [2.75, 3.05) is 13.2 Å². The van der Waals surface area contributed by atoms with Crippen LogP contribution in [-0.4, -0.2) is 28.4 Å². The lowest BCUT2D eigenvalue weighted by Gasteiger charge is -2.20. The summed E-state index contributed by atoms with van der Waals surface area (Å²) in [6.07, 6.45) is 7.51. The molecule has 1 saturated heterocycles. The smallest absolute Gasteiger partial charge is 0.115 e. The molecule has 1 aliphatic rings. The number of hydrogen-bond acceptors (Lipinski definition) is 4. The van der Waals surface area contributed by atoms with Gasteiger partial charge in [-0.3, -0.25) is 4.98 Å². The zero-order valence-corrected chi connectivity index (χ0v) is 8.17. The van der Waals surface area contributed by atoms with E-state index in [9.17, 15) is 0 Å². The van der Waals surface area contributed by atoms with Crippen molar-refractivity contribution >= 4 is 11.8 Å². The number of aromatic nitrogens is 2. The number of ether oxygens (including phenoxy) is 1. The predicted molar refractivity (Wildman–Crippen MR) is 51.7 cm³/mol. The third-order valence-corrected chi connectivity index (χ3v) is 3.25. The maximum absolute atomic E-state index is 5.29. The standard InChI is InChI=1S/C9H12N2OS/c1-5-12-6-2-8(1)13-9-7-10-3-4-11-9/h3-4,7-8H,1-2,5-6H2. The van der Waals surface area contributed by atoms with E-state index in [1.165, 1.54) is 0 Å². The summed E-state index contributed by atoms with van der Waals surface area (Å²) in [5.74, 6) is 0. The summed E-state index contributed by atoms with van der Waals surface area (Å²) >= 11 is 1.81. The fourth-order valence-corrected chi connectivity index (χ4v) is 2.32. The van der Waals surface area contributed by atoms with Gasteiger partial charge in [0.2, 0.25) is 0 Å². The highest BCUT2D eigenvalue weighted by molar-refractivity contribution is 7.99. The second kappa shape index (κ2) is 4.58. The number of hydrogen-bond donors (Lipinski definition) is 0. The highest BCUT2D eigenvalue weighted by atomic mass is 32.2. The summed E-state index contributed by atoms with van der Waals surface area (Å²) in [5.41, 5.74) is 0. The van der Waals surface area contributed by atoms with E-state index in [0.29, 0.717) is 5.25 Å². The summed E-state index contributed by atoms with van der Waals surface area (Å²) in [7, 11) is 0. The summed E-state index contributed by atoms with van der Waals surface area (Å²) in [5, 5.41) is 1.68. The van der Waals surface area contributed by atoms with Gasteiger partial charge in [-0.15, -0.1) is 11.8 Å². The molecule has 1 aliphatic heterocycles. The first kappa shape index (κ1) is 8.97. The largest absolute Gasteiger partial charge is 0.381 e. The van der Waals surface area contributed by atoms with Crippen LogP contribution in [0.5, 0.6) is 0 Å². The van der Waals surface area contributed by atoms with Gasteiger partial charge in [-0.25, -0.2) is 4.98 Å². The van der Waals surface area contributed by atoms with Gasteiger partial charge in [0.05, 0.1) is 6.20 Å². The van der Waals surface area contributed by atoms with Gasteiger partial charge < -0.3 is 4.74 Å². The number of rotatable bonds is 2. The molecule has 1 fully saturated rings. The topological polar surface area (TPSA) is 35.0 Å². The highest BCUT2D eigenvalue weighted by Gasteiger charge is 2.15. The molecule has 1 aromatic rings. The van der Waals surface area contributed by atoms with Crippen LogP contribution in [0.3, 0.4) is 0 Å². The molecule has 13 heavy (non-hydrogen) atoms. The zero-order valence-electron chi connectivity index (χ0n) is 7.35. The van der Waals surface area contributed by atoms with Crippen LogP contribution in [0.2, 0.25) is 0 Å². The van der Waals surface area contributed by atoms with Gasteiger partial charge in [-0.05, 0) is 12.8 Å². The van der Waals surface area contributed by atoms with E-state index >= 15 is 0 Å². The molecule has 2 rings (SSSR count). The van der Waals surface area contributed by atoms with E-state index in [1.807, 2.05) is 18.0 Å². The molecule has 70 valence electrons. The van der Waals surface area contributed by atoms with E-state index < -0.39 is 0 Å². The van der Waals surface area contributed by atoms with Crippen LogP contribution >= 0.6 is 11.8 Å². The van der Waals surface area contributed by atoms with Crippen molar-refractivity contribution in [3.05, 3.63) is 18.6 Å². The minimum atomic E-state index is 0.658. The third kappa shape index (κ3) is 2.67. The Morgan fingerprint density at radius 3 is 2.85 bits per heavy atom. The summed E-state index contributed by atoms with van der Waals surface area (Å²) in [6.45, 7) is 1.77. The lowest BCUT2D eigenvalue weighted by Crippen LogP contribution is -2.17. The Morgan fingerprint density at radius 1 is 1.31 bits per heavy atom.